The van der Waals surface area contributed by atoms with Gasteiger partial charge in [-0.05, 0) is 36.8 Å². The van der Waals surface area contributed by atoms with Gasteiger partial charge in [-0.3, -0.25) is 14.3 Å². The molecule has 11 nitrogen and oxygen atoms in total. The van der Waals surface area contributed by atoms with Crippen molar-refractivity contribution in [2.45, 2.75) is 51.2 Å². The summed E-state index contributed by atoms with van der Waals surface area (Å²) in [6.07, 6.45) is 9.51. The number of anilines is 1. The van der Waals surface area contributed by atoms with Crippen LogP contribution in [0.2, 0.25) is 0 Å². The van der Waals surface area contributed by atoms with Gasteiger partial charge in [0.05, 0.1) is 12.2 Å². The molecule has 1 aliphatic heterocycles. The molecule has 7 rings (SSSR count). The van der Waals surface area contributed by atoms with Crippen LogP contribution >= 0.6 is 0 Å². The van der Waals surface area contributed by atoms with Gasteiger partial charge in [0.15, 0.2) is 5.78 Å². The first-order valence-electron chi connectivity index (χ1n) is 13.0. The standard InChI is InChI=1S/C27H27N9O2/c37-24(35-8-7-22-23(14-35)32-34-31-22)15-36-13-21(25(33-36)26(38)16-5-6-16)19-11-28-27(29-12-19)30-20-9-17-3-1-2-4-18(17)10-20/h1-4,11-13,16,20H,5-10,14-15H2,(H,28,29,30)(H,31,32,34). The largest absolute Gasteiger partial charge is 0.351 e. The van der Waals surface area contributed by atoms with Crippen LogP contribution in [0.3, 0.4) is 0 Å². The summed E-state index contributed by atoms with van der Waals surface area (Å²) in [5.74, 6) is 0.502. The lowest BCUT2D eigenvalue weighted by atomic mass is 10.1. The van der Waals surface area contributed by atoms with Gasteiger partial charge in [-0.2, -0.15) is 20.5 Å². The van der Waals surface area contributed by atoms with E-state index in [0.717, 1.165) is 37.1 Å². The lowest BCUT2D eigenvalue weighted by Crippen LogP contribution is -2.38. The zero-order valence-corrected chi connectivity index (χ0v) is 20.8. The average Bonchev–Trinajstić information content (AvgIpc) is 3.33. The fourth-order valence-corrected chi connectivity index (χ4v) is 5.37. The molecule has 0 unspecified atom stereocenters. The van der Waals surface area contributed by atoms with Gasteiger partial charge in [-0.15, -0.1) is 0 Å². The number of fused-ring (bicyclic) bond motifs is 2. The average molecular weight is 510 g/mol. The molecule has 1 amide bonds. The van der Waals surface area contributed by atoms with Crippen LogP contribution < -0.4 is 5.32 Å². The molecule has 0 spiro atoms. The molecular formula is C27H27N9O2. The summed E-state index contributed by atoms with van der Waals surface area (Å²) in [5.41, 5.74) is 6.17. The van der Waals surface area contributed by atoms with Crippen molar-refractivity contribution in [3.63, 3.8) is 0 Å². The summed E-state index contributed by atoms with van der Waals surface area (Å²) in [7, 11) is 0. The number of benzene rings is 1. The monoisotopic (exact) mass is 509 g/mol. The number of hydrogen-bond donors (Lipinski definition) is 2. The number of ketones is 1. The Bertz CT molecular complexity index is 1490. The molecule has 0 saturated heterocycles. The van der Waals surface area contributed by atoms with Crippen molar-refractivity contribution >= 4 is 17.6 Å². The van der Waals surface area contributed by atoms with Gasteiger partial charge in [0, 0.05) is 54.6 Å². The maximum Gasteiger partial charge on any atom is 0.244 e. The fourth-order valence-electron chi connectivity index (χ4n) is 5.37. The quantitative estimate of drug-likeness (QED) is 0.362. The third kappa shape index (κ3) is 4.33. The number of carbonyl (C=O) groups is 2. The molecule has 192 valence electrons. The Morgan fingerprint density at radius 3 is 2.50 bits per heavy atom. The number of aromatic amines is 1. The normalized spacial score (nSPS) is 16.8. The molecule has 4 heterocycles. The van der Waals surface area contributed by atoms with E-state index in [0.29, 0.717) is 42.3 Å². The molecule has 0 atom stereocenters. The maximum atomic E-state index is 13.1. The van der Waals surface area contributed by atoms with Crippen LogP contribution in [0.4, 0.5) is 5.95 Å². The van der Waals surface area contributed by atoms with Crippen LogP contribution in [-0.4, -0.2) is 64.3 Å². The Kier molecular flexibility index (Phi) is 5.49. The van der Waals surface area contributed by atoms with Crippen molar-refractivity contribution in [2.75, 3.05) is 11.9 Å². The summed E-state index contributed by atoms with van der Waals surface area (Å²) < 4.78 is 1.56. The van der Waals surface area contributed by atoms with E-state index in [2.05, 4.69) is 60.1 Å². The zero-order chi connectivity index (χ0) is 25.6. The van der Waals surface area contributed by atoms with Gasteiger partial charge in [-0.1, -0.05) is 24.3 Å². The Labute approximate surface area is 218 Å². The van der Waals surface area contributed by atoms with Crippen LogP contribution in [0.25, 0.3) is 11.1 Å². The zero-order valence-electron chi connectivity index (χ0n) is 20.8. The molecule has 38 heavy (non-hydrogen) atoms. The van der Waals surface area contributed by atoms with Gasteiger partial charge >= 0.3 is 0 Å². The van der Waals surface area contributed by atoms with Crippen LogP contribution in [0.15, 0.2) is 42.9 Å². The van der Waals surface area contributed by atoms with E-state index in [9.17, 15) is 9.59 Å². The van der Waals surface area contributed by atoms with E-state index in [1.807, 2.05) is 0 Å². The highest BCUT2D eigenvalue weighted by atomic mass is 16.2. The topological polar surface area (TPSA) is 135 Å². The minimum Gasteiger partial charge on any atom is -0.351 e. The molecule has 3 aromatic heterocycles. The second-order valence-electron chi connectivity index (χ2n) is 10.3. The molecule has 3 aliphatic rings. The van der Waals surface area contributed by atoms with Crippen LogP contribution in [0, 0.1) is 5.92 Å². The van der Waals surface area contributed by atoms with E-state index >= 15 is 0 Å². The summed E-state index contributed by atoms with van der Waals surface area (Å²) in [6, 6.07) is 8.72. The number of aromatic nitrogens is 7. The summed E-state index contributed by atoms with van der Waals surface area (Å²) in [6.45, 7) is 1.04. The summed E-state index contributed by atoms with van der Waals surface area (Å²) in [5, 5.41) is 18.9. The first-order chi connectivity index (χ1) is 18.6. The van der Waals surface area contributed by atoms with Gasteiger partial charge in [-0.25, -0.2) is 9.97 Å². The van der Waals surface area contributed by atoms with Crippen LogP contribution in [-0.2, 0) is 37.1 Å². The van der Waals surface area contributed by atoms with E-state index in [1.54, 1.807) is 28.2 Å². The first kappa shape index (κ1) is 22.8. The Morgan fingerprint density at radius 2 is 1.76 bits per heavy atom. The predicted octanol–water partition coefficient (Wildman–Crippen LogP) is 2.22. The lowest BCUT2D eigenvalue weighted by Gasteiger charge is -2.25. The molecule has 1 fully saturated rings. The number of amides is 1. The Hall–Kier alpha value is -4.41. The number of rotatable bonds is 7. The molecule has 2 N–H and O–H groups in total. The van der Waals surface area contributed by atoms with Gasteiger partial charge in [0.1, 0.15) is 17.9 Å². The number of nitrogens with zero attached hydrogens (tertiary/aromatic N) is 7. The van der Waals surface area contributed by atoms with Gasteiger partial charge in [0.2, 0.25) is 11.9 Å². The van der Waals surface area contributed by atoms with Crippen molar-refractivity contribution in [2.24, 2.45) is 5.92 Å². The van der Waals surface area contributed by atoms with Crippen LogP contribution in [0.1, 0.15) is 45.8 Å². The highest BCUT2D eigenvalue weighted by molar-refractivity contribution is 6.03. The number of nitrogens with one attached hydrogen (secondary N) is 2. The minimum atomic E-state index is -0.0773. The Morgan fingerprint density at radius 1 is 1.03 bits per heavy atom. The highest BCUT2D eigenvalue weighted by Crippen LogP contribution is 2.35. The van der Waals surface area contributed by atoms with E-state index in [4.69, 9.17) is 0 Å². The second kappa shape index (κ2) is 9.16. The molecule has 1 aromatic carbocycles. The van der Waals surface area contributed by atoms with Crippen molar-refractivity contribution < 1.29 is 9.59 Å². The number of H-pyrrole nitrogens is 1. The molecule has 2 aliphatic carbocycles. The maximum absolute atomic E-state index is 13.1. The molecular weight excluding hydrogens is 482 g/mol. The third-order valence-corrected chi connectivity index (χ3v) is 7.60. The van der Waals surface area contributed by atoms with Crippen molar-refractivity contribution in [1.29, 1.82) is 0 Å². The fraction of sp³-hybridized carbons (Fsp3) is 0.370. The first-order valence-corrected chi connectivity index (χ1v) is 13.0. The number of Topliss-reactive ketones (excluding diaryl/α,β-unsaturated/α-hetero) is 1. The minimum absolute atomic E-state index is 0.00587. The summed E-state index contributed by atoms with van der Waals surface area (Å²) >= 11 is 0. The molecule has 4 aromatic rings. The van der Waals surface area contributed by atoms with E-state index in [1.165, 1.54) is 11.1 Å². The number of hydrogen-bond acceptors (Lipinski definition) is 8. The second-order valence-corrected chi connectivity index (χ2v) is 10.3. The predicted molar refractivity (Wildman–Crippen MR) is 137 cm³/mol. The van der Waals surface area contributed by atoms with Crippen molar-refractivity contribution in [1.82, 2.24) is 40.1 Å². The molecule has 1 saturated carbocycles. The van der Waals surface area contributed by atoms with Gasteiger partial charge < -0.3 is 10.2 Å². The van der Waals surface area contributed by atoms with Crippen LogP contribution in [0.5, 0.6) is 0 Å². The molecule has 11 heteroatoms. The summed E-state index contributed by atoms with van der Waals surface area (Å²) in [4.78, 5) is 37.0. The Balaban J connectivity index is 1.08. The third-order valence-electron chi connectivity index (χ3n) is 7.60. The SMILES string of the molecule is O=C(c1nn(CC(=O)N2CCc3n[nH]nc3C2)cc1-c1cnc(NC2Cc3ccccc3C2)nc1)C1CC1. The van der Waals surface area contributed by atoms with Gasteiger partial charge in [0.25, 0.3) is 0 Å². The van der Waals surface area contributed by atoms with Crippen molar-refractivity contribution in [3.05, 3.63) is 71.1 Å². The number of carbonyl (C=O) groups excluding carboxylic acids is 2. The molecule has 0 bridgehead atoms. The molecule has 0 radical (unpaired) electrons. The van der Waals surface area contributed by atoms with E-state index < -0.39 is 0 Å². The highest BCUT2D eigenvalue weighted by Gasteiger charge is 2.34. The lowest BCUT2D eigenvalue weighted by molar-refractivity contribution is -0.133. The van der Waals surface area contributed by atoms with E-state index in [-0.39, 0.29) is 30.2 Å². The van der Waals surface area contributed by atoms with Crippen molar-refractivity contribution in [3.8, 4) is 11.1 Å². The smallest absolute Gasteiger partial charge is 0.244 e.